The number of ether oxygens (including phenoxy) is 2. The van der Waals surface area contributed by atoms with Crippen LogP contribution >= 0.6 is 0 Å². The van der Waals surface area contributed by atoms with Gasteiger partial charge in [0.25, 0.3) is 0 Å². The number of hydrogen-bond donors (Lipinski definition) is 1. The molecule has 2 rings (SSSR count). The molecule has 25 heavy (non-hydrogen) atoms. The fourth-order valence-corrected chi connectivity index (χ4v) is 3.83. The largest absolute Gasteiger partial charge is 0.497 e. The minimum absolute atomic E-state index is 0.190. The first-order chi connectivity index (χ1) is 12.1. The Bertz CT molecular complexity index is 757. The Morgan fingerprint density at radius 1 is 0.960 bits per heavy atom. The van der Waals surface area contributed by atoms with Crippen LogP contribution in [0.2, 0.25) is 0 Å². The van der Waals surface area contributed by atoms with Crippen LogP contribution in [0.25, 0.3) is 0 Å². The van der Waals surface area contributed by atoms with Gasteiger partial charge in [-0.2, -0.15) is 0 Å². The fourth-order valence-electron chi connectivity index (χ4n) is 2.44. The molecule has 0 aromatic heterocycles. The van der Waals surface area contributed by atoms with Crippen LogP contribution in [-0.2, 0) is 9.84 Å². The lowest BCUT2D eigenvalue weighted by Gasteiger charge is -2.12. The third-order valence-electron chi connectivity index (χ3n) is 3.84. The Labute approximate surface area is 149 Å². The molecule has 2 aromatic carbocycles. The van der Waals surface area contributed by atoms with E-state index < -0.39 is 9.84 Å². The topological polar surface area (TPSA) is 64.6 Å². The number of unbranched alkanes of at least 4 members (excludes halogenated alkanes) is 2. The maximum Gasteiger partial charge on any atom is 0.210 e. The minimum atomic E-state index is -3.64. The summed E-state index contributed by atoms with van der Waals surface area (Å²) in [5.41, 5.74) is 0. The van der Waals surface area contributed by atoms with Gasteiger partial charge in [-0.05, 0) is 69.3 Å². The number of nitrogens with one attached hydrogen (secondary N) is 1. The summed E-state index contributed by atoms with van der Waals surface area (Å²) in [4.78, 5) is 0.411. The quantitative estimate of drug-likeness (QED) is 0.656. The molecule has 0 bridgehead atoms. The first-order valence-corrected chi connectivity index (χ1v) is 9.83. The number of hydrogen-bond acceptors (Lipinski definition) is 5. The maximum atomic E-state index is 12.9. The first-order valence-electron chi connectivity index (χ1n) is 8.35. The van der Waals surface area contributed by atoms with Crippen LogP contribution < -0.4 is 14.8 Å². The first kappa shape index (κ1) is 19.3. The minimum Gasteiger partial charge on any atom is -0.497 e. The second-order valence-corrected chi connectivity index (χ2v) is 7.56. The van der Waals surface area contributed by atoms with E-state index in [0.29, 0.717) is 18.1 Å². The lowest BCUT2D eigenvalue weighted by molar-refractivity contribution is 0.297. The highest BCUT2D eigenvalue weighted by atomic mass is 32.2. The molecule has 0 aliphatic carbocycles. The summed E-state index contributed by atoms with van der Waals surface area (Å²) >= 11 is 0. The average molecular weight is 363 g/mol. The molecule has 1 N–H and O–H groups in total. The van der Waals surface area contributed by atoms with Crippen molar-refractivity contribution in [2.75, 3.05) is 27.3 Å². The Hall–Kier alpha value is -2.05. The maximum absolute atomic E-state index is 12.9. The highest BCUT2D eigenvalue weighted by molar-refractivity contribution is 7.91. The van der Waals surface area contributed by atoms with Crippen molar-refractivity contribution in [2.24, 2.45) is 0 Å². The predicted molar refractivity (Wildman–Crippen MR) is 98.2 cm³/mol. The van der Waals surface area contributed by atoms with E-state index in [1.54, 1.807) is 55.6 Å². The molecule has 0 atom stereocenters. The van der Waals surface area contributed by atoms with Crippen molar-refractivity contribution in [3.05, 3.63) is 48.5 Å². The van der Waals surface area contributed by atoms with Crippen LogP contribution in [0.4, 0.5) is 0 Å². The van der Waals surface area contributed by atoms with Crippen LogP contribution in [-0.4, -0.2) is 35.7 Å². The lowest BCUT2D eigenvalue weighted by atomic mass is 10.2. The van der Waals surface area contributed by atoms with Crippen LogP contribution in [0.1, 0.15) is 19.3 Å². The van der Waals surface area contributed by atoms with E-state index >= 15 is 0 Å². The van der Waals surface area contributed by atoms with Crippen molar-refractivity contribution >= 4 is 9.84 Å². The van der Waals surface area contributed by atoms with E-state index in [2.05, 4.69) is 5.32 Å². The van der Waals surface area contributed by atoms with Crippen molar-refractivity contribution < 1.29 is 17.9 Å². The van der Waals surface area contributed by atoms with Crippen LogP contribution in [0.3, 0.4) is 0 Å². The predicted octanol–water partition coefficient (Wildman–Crippen LogP) is 3.30. The monoisotopic (exact) mass is 363 g/mol. The zero-order valence-electron chi connectivity index (χ0n) is 14.7. The highest BCUT2D eigenvalue weighted by Gasteiger charge is 2.22. The van der Waals surface area contributed by atoms with Crippen molar-refractivity contribution in [3.8, 4) is 11.5 Å². The smallest absolute Gasteiger partial charge is 0.210 e. The van der Waals surface area contributed by atoms with Gasteiger partial charge in [0.2, 0.25) is 9.84 Å². The molecule has 0 amide bonds. The van der Waals surface area contributed by atoms with Gasteiger partial charge in [-0.25, -0.2) is 8.42 Å². The fraction of sp³-hybridized carbons (Fsp3) is 0.368. The molecule has 6 heteroatoms. The van der Waals surface area contributed by atoms with Gasteiger partial charge in [0.15, 0.2) is 0 Å². The van der Waals surface area contributed by atoms with Gasteiger partial charge in [-0.1, -0.05) is 12.1 Å². The van der Waals surface area contributed by atoms with Gasteiger partial charge in [-0.3, -0.25) is 0 Å². The van der Waals surface area contributed by atoms with Crippen molar-refractivity contribution in [1.82, 2.24) is 5.32 Å². The Morgan fingerprint density at radius 2 is 1.68 bits per heavy atom. The normalized spacial score (nSPS) is 11.3. The molecular weight excluding hydrogens is 338 g/mol. The van der Waals surface area contributed by atoms with E-state index in [-0.39, 0.29) is 9.79 Å². The van der Waals surface area contributed by atoms with Gasteiger partial charge in [0.1, 0.15) is 16.4 Å². The molecule has 2 aromatic rings. The van der Waals surface area contributed by atoms with Gasteiger partial charge >= 0.3 is 0 Å². The Kier molecular flexibility index (Phi) is 7.28. The molecular formula is C19H25NO4S. The average Bonchev–Trinajstić information content (AvgIpc) is 2.65. The SMILES string of the molecule is CNCCCCCOc1ccccc1S(=O)(=O)c1ccc(OC)cc1. The Balaban J connectivity index is 2.12. The number of para-hydroxylation sites is 1. The second kappa shape index (κ2) is 9.44. The summed E-state index contributed by atoms with van der Waals surface area (Å²) in [5.74, 6) is 1.01. The summed E-state index contributed by atoms with van der Waals surface area (Å²) in [5, 5.41) is 3.10. The third kappa shape index (κ3) is 5.21. The standard InChI is InChI=1S/C19H25NO4S/c1-20-14-6-3-7-15-24-18-8-4-5-9-19(18)25(21,22)17-12-10-16(23-2)11-13-17/h4-5,8-13,20H,3,6-7,14-15H2,1-2H3. The van der Waals surface area contributed by atoms with Crippen LogP contribution in [0, 0.1) is 0 Å². The molecule has 0 spiro atoms. The lowest BCUT2D eigenvalue weighted by Crippen LogP contribution is -2.09. The molecule has 0 aliphatic rings. The van der Waals surface area contributed by atoms with E-state index in [1.807, 2.05) is 7.05 Å². The summed E-state index contributed by atoms with van der Waals surface area (Å²) in [6, 6.07) is 13.1. The highest BCUT2D eigenvalue weighted by Crippen LogP contribution is 2.30. The molecule has 0 saturated carbocycles. The molecule has 0 radical (unpaired) electrons. The summed E-state index contributed by atoms with van der Waals surface area (Å²) in [6.07, 6.45) is 3.00. The van der Waals surface area contributed by atoms with E-state index in [4.69, 9.17) is 9.47 Å². The molecule has 0 aliphatic heterocycles. The zero-order chi connectivity index (χ0) is 18.1. The molecule has 0 saturated heterocycles. The van der Waals surface area contributed by atoms with Crippen LogP contribution in [0.15, 0.2) is 58.3 Å². The van der Waals surface area contributed by atoms with E-state index in [0.717, 1.165) is 25.8 Å². The second-order valence-electron chi connectivity index (χ2n) is 5.64. The molecule has 5 nitrogen and oxygen atoms in total. The summed E-state index contributed by atoms with van der Waals surface area (Å²) < 4.78 is 36.6. The number of rotatable bonds is 10. The molecule has 0 heterocycles. The molecule has 136 valence electrons. The van der Waals surface area contributed by atoms with Crippen LogP contribution in [0.5, 0.6) is 11.5 Å². The van der Waals surface area contributed by atoms with Gasteiger partial charge in [0, 0.05) is 0 Å². The number of benzene rings is 2. The van der Waals surface area contributed by atoms with Gasteiger partial charge in [-0.15, -0.1) is 0 Å². The Morgan fingerprint density at radius 3 is 2.36 bits per heavy atom. The molecule has 0 fully saturated rings. The van der Waals surface area contributed by atoms with Gasteiger partial charge in [0.05, 0.1) is 18.6 Å². The van der Waals surface area contributed by atoms with Gasteiger partial charge < -0.3 is 14.8 Å². The molecule has 0 unspecified atom stereocenters. The summed E-state index contributed by atoms with van der Waals surface area (Å²) in [7, 11) is -0.164. The summed E-state index contributed by atoms with van der Waals surface area (Å²) in [6.45, 7) is 1.47. The number of sulfone groups is 1. The number of methoxy groups -OCH3 is 1. The zero-order valence-corrected chi connectivity index (χ0v) is 15.5. The van der Waals surface area contributed by atoms with E-state index in [1.165, 1.54) is 0 Å². The van der Waals surface area contributed by atoms with Crippen molar-refractivity contribution in [1.29, 1.82) is 0 Å². The van der Waals surface area contributed by atoms with Crippen molar-refractivity contribution in [2.45, 2.75) is 29.1 Å². The van der Waals surface area contributed by atoms with Crippen molar-refractivity contribution in [3.63, 3.8) is 0 Å². The third-order valence-corrected chi connectivity index (χ3v) is 5.65. The van der Waals surface area contributed by atoms with E-state index in [9.17, 15) is 8.42 Å².